The maximum Gasteiger partial charge on any atom is 0.265 e. The molecule has 1 aromatic carbocycles. The SMILES string of the molecule is CSCCC(NC(=O)C1COc2ccccc2O1)C(=O)Nc1ncc(C)s1. The molecule has 0 radical (unpaired) electrons. The van der Waals surface area contributed by atoms with Crippen LogP contribution < -0.4 is 20.1 Å². The highest BCUT2D eigenvalue weighted by molar-refractivity contribution is 7.98. The first kappa shape index (κ1) is 19.5. The number of amides is 2. The summed E-state index contributed by atoms with van der Waals surface area (Å²) < 4.78 is 11.3. The number of aryl methyl sites for hydroxylation is 1. The second-order valence-electron chi connectivity index (χ2n) is 5.97. The number of thioether (sulfide) groups is 1. The standard InChI is InChI=1S/C18H21N3O4S2/c1-11-9-19-18(27-11)21-16(22)12(7-8-26-2)20-17(23)15-10-24-13-5-3-4-6-14(13)25-15/h3-6,9,12,15H,7-8,10H2,1-2H3,(H,20,23)(H,19,21,22). The Bertz CT molecular complexity index is 811. The molecule has 1 aliphatic rings. The van der Waals surface area contributed by atoms with Crippen molar-refractivity contribution in [1.82, 2.24) is 10.3 Å². The van der Waals surface area contributed by atoms with E-state index in [9.17, 15) is 9.59 Å². The molecule has 1 aromatic heterocycles. The minimum Gasteiger partial charge on any atom is -0.485 e. The highest BCUT2D eigenvalue weighted by atomic mass is 32.2. The third-order valence-electron chi connectivity index (χ3n) is 3.90. The molecule has 2 atom stereocenters. The summed E-state index contributed by atoms with van der Waals surface area (Å²) in [4.78, 5) is 30.4. The average Bonchev–Trinajstić information content (AvgIpc) is 3.09. The van der Waals surface area contributed by atoms with E-state index >= 15 is 0 Å². The van der Waals surface area contributed by atoms with Crippen LogP contribution in [0.5, 0.6) is 11.5 Å². The van der Waals surface area contributed by atoms with Crippen LogP contribution in [0.3, 0.4) is 0 Å². The molecule has 1 aliphatic heterocycles. The Kier molecular flexibility index (Phi) is 6.57. The number of hydrogen-bond acceptors (Lipinski definition) is 7. The molecular weight excluding hydrogens is 386 g/mol. The summed E-state index contributed by atoms with van der Waals surface area (Å²) in [6, 6.07) is 6.51. The molecule has 0 spiro atoms. The van der Waals surface area contributed by atoms with Crippen LogP contribution in [0.15, 0.2) is 30.5 Å². The van der Waals surface area contributed by atoms with E-state index in [-0.39, 0.29) is 18.4 Å². The number of para-hydroxylation sites is 2. The van der Waals surface area contributed by atoms with Gasteiger partial charge in [0, 0.05) is 11.1 Å². The molecule has 2 aromatic rings. The summed E-state index contributed by atoms with van der Waals surface area (Å²) in [5.41, 5.74) is 0. The molecule has 2 unspecified atom stereocenters. The van der Waals surface area contributed by atoms with Crippen molar-refractivity contribution in [3.8, 4) is 11.5 Å². The van der Waals surface area contributed by atoms with Gasteiger partial charge in [-0.2, -0.15) is 11.8 Å². The molecule has 0 aliphatic carbocycles. The highest BCUT2D eigenvalue weighted by Gasteiger charge is 2.30. The van der Waals surface area contributed by atoms with Gasteiger partial charge in [-0.05, 0) is 37.5 Å². The van der Waals surface area contributed by atoms with E-state index in [1.807, 2.05) is 25.3 Å². The van der Waals surface area contributed by atoms with Crippen LogP contribution in [0.25, 0.3) is 0 Å². The number of nitrogens with one attached hydrogen (secondary N) is 2. The van der Waals surface area contributed by atoms with Crippen LogP contribution in [-0.2, 0) is 9.59 Å². The third-order valence-corrected chi connectivity index (χ3v) is 5.37. The Balaban J connectivity index is 1.63. The number of thiazole rings is 1. The molecule has 144 valence electrons. The lowest BCUT2D eigenvalue weighted by molar-refractivity contribution is -0.133. The summed E-state index contributed by atoms with van der Waals surface area (Å²) >= 11 is 3.00. The molecule has 2 amide bonds. The minimum atomic E-state index is -0.799. The molecule has 27 heavy (non-hydrogen) atoms. The van der Waals surface area contributed by atoms with Gasteiger partial charge in [0.05, 0.1) is 0 Å². The average molecular weight is 408 g/mol. The lowest BCUT2D eigenvalue weighted by Crippen LogP contribution is -2.51. The molecule has 3 rings (SSSR count). The van der Waals surface area contributed by atoms with Gasteiger partial charge in [0.15, 0.2) is 16.6 Å². The summed E-state index contributed by atoms with van der Waals surface area (Å²) in [5.74, 6) is 1.20. The van der Waals surface area contributed by atoms with Crippen molar-refractivity contribution in [2.45, 2.75) is 25.5 Å². The topological polar surface area (TPSA) is 89.5 Å². The fraction of sp³-hybridized carbons (Fsp3) is 0.389. The number of ether oxygens (including phenoxy) is 2. The summed E-state index contributed by atoms with van der Waals surface area (Å²) in [5, 5.41) is 6.08. The number of rotatable bonds is 7. The van der Waals surface area contributed by atoms with Crippen molar-refractivity contribution < 1.29 is 19.1 Å². The van der Waals surface area contributed by atoms with Gasteiger partial charge >= 0.3 is 0 Å². The number of fused-ring (bicyclic) bond motifs is 1. The number of benzene rings is 1. The van der Waals surface area contributed by atoms with E-state index in [4.69, 9.17) is 9.47 Å². The van der Waals surface area contributed by atoms with Crippen LogP contribution >= 0.6 is 23.1 Å². The van der Waals surface area contributed by atoms with Gasteiger partial charge in [0.1, 0.15) is 12.6 Å². The number of carbonyl (C=O) groups is 2. The van der Waals surface area contributed by atoms with Crippen molar-refractivity contribution in [3.05, 3.63) is 35.3 Å². The lowest BCUT2D eigenvalue weighted by Gasteiger charge is -2.27. The summed E-state index contributed by atoms with van der Waals surface area (Å²) in [6.07, 6.45) is 3.36. The normalized spacial score (nSPS) is 16.4. The largest absolute Gasteiger partial charge is 0.485 e. The minimum absolute atomic E-state index is 0.103. The van der Waals surface area contributed by atoms with Crippen LogP contribution in [0.1, 0.15) is 11.3 Å². The summed E-state index contributed by atoms with van der Waals surface area (Å²) in [7, 11) is 0. The quantitative estimate of drug-likeness (QED) is 0.733. The zero-order valence-corrected chi connectivity index (χ0v) is 16.7. The molecule has 7 nitrogen and oxygen atoms in total. The maximum atomic E-state index is 12.6. The van der Waals surface area contributed by atoms with E-state index in [0.29, 0.717) is 23.1 Å². The van der Waals surface area contributed by atoms with Gasteiger partial charge in [-0.1, -0.05) is 12.1 Å². The van der Waals surface area contributed by atoms with Crippen LogP contribution in [-0.4, -0.2) is 47.6 Å². The first-order valence-corrected chi connectivity index (χ1v) is 10.7. The third kappa shape index (κ3) is 5.14. The van der Waals surface area contributed by atoms with E-state index in [1.165, 1.54) is 11.3 Å². The van der Waals surface area contributed by atoms with Gasteiger partial charge in [0.2, 0.25) is 12.0 Å². The molecule has 2 N–H and O–H groups in total. The van der Waals surface area contributed by atoms with Crippen molar-refractivity contribution in [2.24, 2.45) is 0 Å². The zero-order valence-electron chi connectivity index (χ0n) is 15.1. The van der Waals surface area contributed by atoms with Gasteiger partial charge in [0.25, 0.3) is 5.91 Å². The predicted octanol–water partition coefficient (Wildman–Crippen LogP) is 2.47. The first-order chi connectivity index (χ1) is 13.1. The Morgan fingerprint density at radius 1 is 1.37 bits per heavy atom. The Labute approximate surface area is 165 Å². The molecule has 9 heteroatoms. The van der Waals surface area contributed by atoms with E-state index in [0.717, 1.165) is 10.6 Å². The Hall–Kier alpha value is -2.26. The van der Waals surface area contributed by atoms with Crippen LogP contribution in [0.2, 0.25) is 0 Å². The van der Waals surface area contributed by atoms with Gasteiger partial charge in [-0.15, -0.1) is 11.3 Å². The molecule has 0 saturated carbocycles. The molecule has 2 heterocycles. The second kappa shape index (κ2) is 9.09. The number of anilines is 1. The fourth-order valence-electron chi connectivity index (χ4n) is 2.52. The van der Waals surface area contributed by atoms with Crippen molar-refractivity contribution >= 4 is 40.0 Å². The van der Waals surface area contributed by atoms with Crippen molar-refractivity contribution in [3.63, 3.8) is 0 Å². The Morgan fingerprint density at radius 2 is 2.15 bits per heavy atom. The van der Waals surface area contributed by atoms with Crippen LogP contribution in [0.4, 0.5) is 5.13 Å². The van der Waals surface area contributed by atoms with Crippen LogP contribution in [0, 0.1) is 6.92 Å². The van der Waals surface area contributed by atoms with Gasteiger partial charge in [-0.3, -0.25) is 9.59 Å². The molecule has 0 fully saturated rings. The number of hydrogen-bond donors (Lipinski definition) is 2. The predicted molar refractivity (Wildman–Crippen MR) is 107 cm³/mol. The van der Waals surface area contributed by atoms with Gasteiger partial charge < -0.3 is 20.1 Å². The van der Waals surface area contributed by atoms with E-state index in [1.54, 1.807) is 30.1 Å². The van der Waals surface area contributed by atoms with Crippen molar-refractivity contribution in [2.75, 3.05) is 23.9 Å². The molecule has 0 saturated heterocycles. The van der Waals surface area contributed by atoms with E-state index < -0.39 is 12.1 Å². The molecular formula is C18H21N3O4S2. The summed E-state index contributed by atoms with van der Waals surface area (Å²) in [6.45, 7) is 2.02. The smallest absolute Gasteiger partial charge is 0.265 e. The number of aromatic nitrogens is 1. The fourth-order valence-corrected chi connectivity index (χ4v) is 3.66. The Morgan fingerprint density at radius 3 is 2.85 bits per heavy atom. The lowest BCUT2D eigenvalue weighted by atomic mass is 10.2. The zero-order chi connectivity index (χ0) is 19.2. The highest BCUT2D eigenvalue weighted by Crippen LogP contribution is 2.30. The second-order valence-corrected chi connectivity index (χ2v) is 8.19. The van der Waals surface area contributed by atoms with Gasteiger partial charge in [-0.25, -0.2) is 4.98 Å². The monoisotopic (exact) mass is 407 g/mol. The maximum absolute atomic E-state index is 12.6. The van der Waals surface area contributed by atoms with E-state index in [2.05, 4.69) is 15.6 Å². The number of nitrogens with zero attached hydrogens (tertiary/aromatic N) is 1. The number of carbonyl (C=O) groups excluding carboxylic acids is 2. The van der Waals surface area contributed by atoms with Crippen molar-refractivity contribution in [1.29, 1.82) is 0 Å². The first-order valence-electron chi connectivity index (χ1n) is 8.48. The molecule has 0 bridgehead atoms.